The van der Waals surface area contributed by atoms with Crippen LogP contribution in [0.5, 0.6) is 0 Å². The molecule has 0 atom stereocenters. The number of hydrogen-bond acceptors (Lipinski definition) is 5. The Hall–Kier alpha value is -1.76. The molecule has 0 bridgehead atoms. The molecule has 1 aromatic carbocycles. The molecule has 7 heteroatoms. The van der Waals surface area contributed by atoms with Crippen molar-refractivity contribution in [3.05, 3.63) is 30.6 Å². The molecule has 1 heterocycles. The third-order valence-corrected chi connectivity index (χ3v) is 3.94. The van der Waals surface area contributed by atoms with Crippen LogP contribution in [-0.2, 0) is 9.84 Å². The van der Waals surface area contributed by atoms with Crippen LogP contribution >= 0.6 is 0 Å². The summed E-state index contributed by atoms with van der Waals surface area (Å²) >= 11 is 0. The highest BCUT2D eigenvalue weighted by Crippen LogP contribution is 2.13. The van der Waals surface area contributed by atoms with Crippen molar-refractivity contribution >= 4 is 9.84 Å². The molecule has 0 aliphatic rings. The Morgan fingerprint density at radius 3 is 2.44 bits per heavy atom. The third kappa shape index (κ3) is 1.94. The van der Waals surface area contributed by atoms with Crippen molar-refractivity contribution in [3.8, 4) is 5.69 Å². The van der Waals surface area contributed by atoms with Crippen LogP contribution in [0, 0.1) is 0 Å². The second-order valence-electron chi connectivity index (χ2n) is 3.15. The van der Waals surface area contributed by atoms with E-state index in [1.807, 2.05) is 0 Å². The smallest absolute Gasteiger partial charge is 0.178 e. The SMILES string of the molecule is CCS(=O)(=O)c1ccc(-n2cnnn2)cc1. The Morgan fingerprint density at radius 2 is 1.94 bits per heavy atom. The summed E-state index contributed by atoms with van der Waals surface area (Å²) in [6.45, 7) is 1.62. The fourth-order valence-electron chi connectivity index (χ4n) is 1.25. The molecule has 84 valence electrons. The molecule has 0 amide bonds. The maximum atomic E-state index is 11.6. The predicted molar refractivity (Wildman–Crippen MR) is 56.9 cm³/mol. The largest absolute Gasteiger partial charge is 0.224 e. The first-order valence-electron chi connectivity index (χ1n) is 4.69. The van der Waals surface area contributed by atoms with Crippen molar-refractivity contribution in [2.24, 2.45) is 0 Å². The molecule has 0 radical (unpaired) electrons. The highest BCUT2D eigenvalue weighted by Gasteiger charge is 2.10. The summed E-state index contributed by atoms with van der Waals surface area (Å²) in [6.07, 6.45) is 1.45. The molecule has 2 rings (SSSR count). The third-order valence-electron chi connectivity index (χ3n) is 2.19. The monoisotopic (exact) mass is 238 g/mol. The van der Waals surface area contributed by atoms with Crippen LogP contribution in [0.25, 0.3) is 5.69 Å². The Labute approximate surface area is 92.8 Å². The van der Waals surface area contributed by atoms with Gasteiger partial charge in [0.15, 0.2) is 9.84 Å². The Bertz CT molecular complexity index is 560. The molecule has 0 aliphatic carbocycles. The van der Waals surface area contributed by atoms with E-state index < -0.39 is 9.84 Å². The number of tetrazole rings is 1. The van der Waals surface area contributed by atoms with Gasteiger partial charge in [0.2, 0.25) is 0 Å². The van der Waals surface area contributed by atoms with Gasteiger partial charge in [0.05, 0.1) is 16.3 Å². The van der Waals surface area contributed by atoms with Gasteiger partial charge in [-0.1, -0.05) is 6.92 Å². The van der Waals surface area contributed by atoms with Crippen molar-refractivity contribution in [3.63, 3.8) is 0 Å². The molecule has 0 unspecified atom stereocenters. The zero-order valence-corrected chi connectivity index (χ0v) is 9.42. The standard InChI is InChI=1S/C9H10N4O2S/c1-2-16(14,15)9-5-3-8(4-6-9)13-7-10-11-12-13/h3-7H,2H2,1H3. The van der Waals surface area contributed by atoms with Gasteiger partial charge < -0.3 is 0 Å². The summed E-state index contributed by atoms with van der Waals surface area (Å²) in [6, 6.07) is 6.43. The van der Waals surface area contributed by atoms with Crippen molar-refractivity contribution in [1.29, 1.82) is 0 Å². The number of aromatic nitrogens is 4. The quantitative estimate of drug-likeness (QED) is 0.776. The second kappa shape index (κ2) is 4.01. The van der Waals surface area contributed by atoms with Gasteiger partial charge in [0, 0.05) is 0 Å². The Kier molecular flexibility index (Phi) is 2.69. The highest BCUT2D eigenvalue weighted by molar-refractivity contribution is 7.91. The van der Waals surface area contributed by atoms with E-state index in [1.54, 1.807) is 31.2 Å². The van der Waals surface area contributed by atoms with Crippen LogP contribution < -0.4 is 0 Å². The first kappa shape index (κ1) is 10.7. The first-order valence-corrected chi connectivity index (χ1v) is 6.35. The molecule has 0 saturated carbocycles. The molecule has 0 fully saturated rings. The number of nitrogens with zero attached hydrogens (tertiary/aromatic N) is 4. The van der Waals surface area contributed by atoms with Gasteiger partial charge in [-0.25, -0.2) is 13.1 Å². The summed E-state index contributed by atoms with van der Waals surface area (Å²) in [5.74, 6) is 0.0945. The van der Waals surface area contributed by atoms with Crippen molar-refractivity contribution < 1.29 is 8.42 Å². The highest BCUT2D eigenvalue weighted by atomic mass is 32.2. The van der Waals surface area contributed by atoms with Crippen molar-refractivity contribution in [2.75, 3.05) is 5.75 Å². The number of rotatable bonds is 3. The van der Waals surface area contributed by atoms with E-state index >= 15 is 0 Å². The summed E-state index contributed by atoms with van der Waals surface area (Å²) in [7, 11) is -3.14. The molecule has 6 nitrogen and oxygen atoms in total. The van der Waals surface area contributed by atoms with Crippen LogP contribution in [-0.4, -0.2) is 34.4 Å². The van der Waals surface area contributed by atoms with Crippen molar-refractivity contribution in [2.45, 2.75) is 11.8 Å². The minimum Gasteiger partial charge on any atom is -0.224 e. The predicted octanol–water partition coefficient (Wildman–Crippen LogP) is 0.456. The Morgan fingerprint density at radius 1 is 1.25 bits per heavy atom. The molecule has 0 saturated heterocycles. The minimum atomic E-state index is -3.14. The van der Waals surface area contributed by atoms with E-state index in [0.717, 1.165) is 5.69 Å². The molecular weight excluding hydrogens is 228 g/mol. The molecule has 0 spiro atoms. The number of sulfone groups is 1. The van der Waals surface area contributed by atoms with Crippen LogP contribution in [0.3, 0.4) is 0 Å². The van der Waals surface area contributed by atoms with E-state index in [1.165, 1.54) is 11.0 Å². The molecule has 0 aliphatic heterocycles. The number of benzene rings is 1. The summed E-state index contributed by atoms with van der Waals surface area (Å²) in [5, 5.41) is 10.7. The van der Waals surface area contributed by atoms with E-state index in [-0.39, 0.29) is 5.75 Å². The molecular formula is C9H10N4O2S. The average molecular weight is 238 g/mol. The minimum absolute atomic E-state index is 0.0945. The van der Waals surface area contributed by atoms with E-state index in [2.05, 4.69) is 15.5 Å². The van der Waals surface area contributed by atoms with Crippen LogP contribution in [0.4, 0.5) is 0 Å². The number of hydrogen-bond donors (Lipinski definition) is 0. The van der Waals surface area contributed by atoms with Gasteiger partial charge in [-0.05, 0) is 34.7 Å². The van der Waals surface area contributed by atoms with Gasteiger partial charge in [-0.3, -0.25) is 0 Å². The molecule has 1 aromatic heterocycles. The lowest BCUT2D eigenvalue weighted by atomic mass is 10.3. The molecule has 2 aromatic rings. The average Bonchev–Trinajstić information content (AvgIpc) is 2.83. The topological polar surface area (TPSA) is 77.7 Å². The summed E-state index contributed by atoms with van der Waals surface area (Å²) < 4.78 is 24.6. The Balaban J connectivity index is 2.38. The first-order chi connectivity index (χ1) is 7.63. The fourth-order valence-corrected chi connectivity index (χ4v) is 2.14. The van der Waals surface area contributed by atoms with Gasteiger partial charge >= 0.3 is 0 Å². The van der Waals surface area contributed by atoms with Crippen LogP contribution in [0.2, 0.25) is 0 Å². The van der Waals surface area contributed by atoms with E-state index in [9.17, 15) is 8.42 Å². The van der Waals surface area contributed by atoms with E-state index in [4.69, 9.17) is 0 Å². The summed E-state index contributed by atoms with van der Waals surface area (Å²) in [5.41, 5.74) is 0.722. The van der Waals surface area contributed by atoms with Crippen molar-refractivity contribution in [1.82, 2.24) is 20.2 Å². The zero-order chi connectivity index (χ0) is 11.6. The maximum Gasteiger partial charge on any atom is 0.178 e. The molecule has 16 heavy (non-hydrogen) atoms. The lowest BCUT2D eigenvalue weighted by Crippen LogP contribution is -2.04. The zero-order valence-electron chi connectivity index (χ0n) is 8.61. The van der Waals surface area contributed by atoms with Crippen LogP contribution in [0.15, 0.2) is 35.5 Å². The van der Waals surface area contributed by atoms with Crippen LogP contribution in [0.1, 0.15) is 6.92 Å². The summed E-state index contributed by atoms with van der Waals surface area (Å²) in [4.78, 5) is 0.312. The maximum absolute atomic E-state index is 11.6. The lowest BCUT2D eigenvalue weighted by molar-refractivity contribution is 0.597. The van der Waals surface area contributed by atoms with E-state index in [0.29, 0.717) is 4.90 Å². The van der Waals surface area contributed by atoms with Gasteiger partial charge in [-0.15, -0.1) is 5.10 Å². The van der Waals surface area contributed by atoms with Gasteiger partial charge in [-0.2, -0.15) is 0 Å². The van der Waals surface area contributed by atoms with Gasteiger partial charge in [0.25, 0.3) is 0 Å². The van der Waals surface area contributed by atoms with Gasteiger partial charge in [0.1, 0.15) is 6.33 Å². The normalized spacial score (nSPS) is 11.6. The lowest BCUT2D eigenvalue weighted by Gasteiger charge is -2.02. The second-order valence-corrected chi connectivity index (χ2v) is 5.43. The molecule has 0 N–H and O–H groups in total. The fraction of sp³-hybridized carbons (Fsp3) is 0.222.